The zero-order valence-electron chi connectivity index (χ0n) is 14.4. The third-order valence-electron chi connectivity index (χ3n) is 5.51. The molecular weight excluding hydrogens is 334 g/mol. The van der Waals surface area contributed by atoms with E-state index in [4.69, 9.17) is 4.74 Å². The number of carbonyl (C=O) groups excluding carboxylic acids is 1. The molecule has 1 aliphatic heterocycles. The number of thiazole rings is 1. The number of nitrogens with one attached hydrogen (secondary N) is 1. The number of piperidine rings is 1. The fourth-order valence-corrected chi connectivity index (χ4v) is 4.62. The van der Waals surface area contributed by atoms with Crippen molar-refractivity contribution in [2.75, 3.05) is 20.2 Å². The number of aromatic nitrogens is 1. The number of rotatable bonds is 5. The third-order valence-corrected chi connectivity index (χ3v) is 6.27. The Balaban J connectivity index is 1.62. The van der Waals surface area contributed by atoms with E-state index in [0.717, 1.165) is 37.4 Å². The van der Waals surface area contributed by atoms with Crippen LogP contribution in [0, 0.1) is 5.41 Å². The summed E-state index contributed by atoms with van der Waals surface area (Å²) in [7, 11) is 1.61. The fourth-order valence-electron chi connectivity index (χ4n) is 4.01. The van der Waals surface area contributed by atoms with Crippen LogP contribution in [0.3, 0.4) is 0 Å². The van der Waals surface area contributed by atoms with Crippen LogP contribution in [0.4, 0.5) is 0 Å². The molecule has 6 heteroatoms. The Hall–Kier alpha value is -1.92. The lowest BCUT2D eigenvalue weighted by Gasteiger charge is -2.29. The number of ether oxygens (including phenoxy) is 1. The van der Waals surface area contributed by atoms with Crippen LogP contribution in [-0.2, 0) is 6.54 Å². The molecule has 2 heterocycles. The Morgan fingerprint density at radius 1 is 1.40 bits per heavy atom. The minimum absolute atomic E-state index is 0.0491. The molecule has 25 heavy (non-hydrogen) atoms. The van der Waals surface area contributed by atoms with Crippen molar-refractivity contribution in [3.8, 4) is 5.75 Å². The first-order valence-electron chi connectivity index (χ1n) is 8.77. The quantitative estimate of drug-likeness (QED) is 0.894. The number of amides is 1. The van der Waals surface area contributed by atoms with Crippen LogP contribution >= 0.6 is 11.3 Å². The predicted octanol–water partition coefficient (Wildman–Crippen LogP) is 2.94. The number of hydrogen-bond acceptors (Lipinski definition) is 5. The van der Waals surface area contributed by atoms with E-state index in [1.165, 1.54) is 0 Å². The summed E-state index contributed by atoms with van der Waals surface area (Å²) in [6, 6.07) is 7.79. The lowest BCUT2D eigenvalue weighted by molar-refractivity contribution is 0.0688. The second-order valence-corrected chi connectivity index (χ2v) is 7.87. The van der Waals surface area contributed by atoms with Crippen LogP contribution in [0.5, 0.6) is 5.75 Å². The van der Waals surface area contributed by atoms with Crippen molar-refractivity contribution in [1.29, 1.82) is 0 Å². The molecule has 2 aromatic rings. The van der Waals surface area contributed by atoms with Crippen LogP contribution in [0.15, 0.2) is 35.8 Å². The normalized spacial score (nSPS) is 21.1. The van der Waals surface area contributed by atoms with Crippen molar-refractivity contribution in [2.24, 2.45) is 5.41 Å². The van der Waals surface area contributed by atoms with Crippen molar-refractivity contribution in [3.63, 3.8) is 0 Å². The molecule has 1 saturated heterocycles. The molecule has 2 aliphatic rings. The Morgan fingerprint density at radius 2 is 2.20 bits per heavy atom. The fraction of sp³-hybridized carbons (Fsp3) is 0.474. The first kappa shape index (κ1) is 16.5. The van der Waals surface area contributed by atoms with E-state index >= 15 is 0 Å². The van der Waals surface area contributed by atoms with Gasteiger partial charge in [0.2, 0.25) is 0 Å². The van der Waals surface area contributed by atoms with E-state index in [1.807, 2.05) is 34.5 Å². The smallest absolute Gasteiger partial charge is 0.258 e. The first-order valence-corrected chi connectivity index (χ1v) is 9.64. The van der Waals surface area contributed by atoms with Crippen LogP contribution in [-0.4, -0.2) is 42.0 Å². The highest BCUT2D eigenvalue weighted by molar-refractivity contribution is 7.09. The molecule has 0 radical (unpaired) electrons. The van der Waals surface area contributed by atoms with Gasteiger partial charge in [-0.15, -0.1) is 11.3 Å². The Bertz CT molecular complexity index is 741. The molecule has 1 aromatic heterocycles. The van der Waals surface area contributed by atoms with Gasteiger partial charge in [-0.1, -0.05) is 12.1 Å². The third kappa shape index (κ3) is 3.16. The summed E-state index contributed by atoms with van der Waals surface area (Å²) in [5.74, 6) is 0.685. The first-order chi connectivity index (χ1) is 12.2. The highest BCUT2D eigenvalue weighted by Gasteiger charge is 2.58. The molecule has 1 unspecified atom stereocenters. The Labute approximate surface area is 152 Å². The molecule has 1 aliphatic carbocycles. The van der Waals surface area contributed by atoms with Crippen LogP contribution in [0.25, 0.3) is 0 Å². The maximum atomic E-state index is 13.4. The molecule has 4 rings (SSSR count). The average molecular weight is 357 g/mol. The molecule has 1 N–H and O–H groups in total. The zero-order chi connectivity index (χ0) is 17.3. The summed E-state index contributed by atoms with van der Waals surface area (Å²) < 4.78 is 5.42. The summed E-state index contributed by atoms with van der Waals surface area (Å²) >= 11 is 1.61. The molecule has 0 bridgehead atoms. The van der Waals surface area contributed by atoms with Crippen LogP contribution in [0.1, 0.15) is 34.6 Å². The van der Waals surface area contributed by atoms with E-state index < -0.39 is 0 Å². The Morgan fingerprint density at radius 3 is 2.92 bits per heavy atom. The van der Waals surface area contributed by atoms with E-state index in [2.05, 4.69) is 10.3 Å². The van der Waals surface area contributed by atoms with Crippen molar-refractivity contribution in [1.82, 2.24) is 15.2 Å². The molecule has 1 aromatic carbocycles. The van der Waals surface area contributed by atoms with Gasteiger partial charge in [0.05, 0.1) is 19.2 Å². The van der Waals surface area contributed by atoms with Gasteiger partial charge in [0, 0.05) is 17.6 Å². The minimum atomic E-state index is 0.0491. The highest BCUT2D eigenvalue weighted by atomic mass is 32.1. The van der Waals surface area contributed by atoms with E-state index in [0.29, 0.717) is 29.3 Å². The second kappa shape index (κ2) is 6.77. The molecule has 132 valence electrons. The number of methoxy groups -OCH3 is 1. The molecule has 1 spiro atoms. The number of nitrogens with zero attached hydrogens (tertiary/aromatic N) is 2. The number of hydrogen-bond donors (Lipinski definition) is 1. The molecule has 1 atom stereocenters. The summed E-state index contributed by atoms with van der Waals surface area (Å²) in [6.07, 6.45) is 5.19. The van der Waals surface area contributed by atoms with Crippen molar-refractivity contribution >= 4 is 17.2 Å². The molecule has 1 saturated carbocycles. The zero-order valence-corrected chi connectivity index (χ0v) is 15.2. The minimum Gasteiger partial charge on any atom is -0.496 e. The van der Waals surface area contributed by atoms with E-state index in [-0.39, 0.29) is 5.91 Å². The van der Waals surface area contributed by atoms with Gasteiger partial charge in [-0.2, -0.15) is 0 Å². The number of carbonyl (C=O) groups is 1. The van der Waals surface area contributed by atoms with Gasteiger partial charge < -0.3 is 15.0 Å². The molecule has 2 fully saturated rings. The SMILES string of the molecule is COc1ccccc1C(=O)N(Cc1nccs1)C1CC12CCNCC2. The maximum absolute atomic E-state index is 13.4. The number of benzene rings is 1. The van der Waals surface area contributed by atoms with Crippen LogP contribution in [0.2, 0.25) is 0 Å². The highest BCUT2D eigenvalue weighted by Crippen LogP contribution is 2.56. The van der Waals surface area contributed by atoms with Gasteiger partial charge in [0.1, 0.15) is 10.8 Å². The Kier molecular flexibility index (Phi) is 4.48. The summed E-state index contributed by atoms with van der Waals surface area (Å²) in [4.78, 5) is 19.8. The molecular formula is C19H23N3O2S. The van der Waals surface area contributed by atoms with Crippen molar-refractivity contribution in [3.05, 3.63) is 46.4 Å². The van der Waals surface area contributed by atoms with Gasteiger partial charge in [0.25, 0.3) is 5.91 Å². The lowest BCUT2D eigenvalue weighted by atomic mass is 9.93. The molecule has 1 amide bonds. The summed E-state index contributed by atoms with van der Waals surface area (Å²) in [5.41, 5.74) is 0.928. The van der Waals surface area contributed by atoms with Gasteiger partial charge >= 0.3 is 0 Å². The van der Waals surface area contributed by atoms with Crippen molar-refractivity contribution in [2.45, 2.75) is 31.8 Å². The monoisotopic (exact) mass is 357 g/mol. The number of para-hydroxylation sites is 1. The predicted molar refractivity (Wildman–Crippen MR) is 97.9 cm³/mol. The van der Waals surface area contributed by atoms with E-state index in [1.54, 1.807) is 24.6 Å². The summed E-state index contributed by atoms with van der Waals surface area (Å²) in [6.45, 7) is 2.67. The van der Waals surface area contributed by atoms with Gasteiger partial charge in [-0.3, -0.25) is 4.79 Å². The summed E-state index contributed by atoms with van der Waals surface area (Å²) in [5, 5.41) is 6.38. The van der Waals surface area contributed by atoms with Gasteiger partial charge in [-0.25, -0.2) is 4.98 Å². The molecule has 5 nitrogen and oxygen atoms in total. The van der Waals surface area contributed by atoms with Gasteiger partial charge in [0.15, 0.2) is 0 Å². The lowest BCUT2D eigenvalue weighted by Crippen LogP contribution is -2.39. The maximum Gasteiger partial charge on any atom is 0.258 e. The van der Waals surface area contributed by atoms with Crippen LogP contribution < -0.4 is 10.1 Å². The standard InChI is InChI=1S/C19H23N3O2S/c1-24-15-5-3-2-4-14(15)18(23)22(13-17-21-10-11-25-17)16-12-19(16)6-8-20-9-7-19/h2-5,10-11,16,20H,6-9,12-13H2,1H3. The topological polar surface area (TPSA) is 54.5 Å². The van der Waals surface area contributed by atoms with Gasteiger partial charge in [-0.05, 0) is 49.9 Å². The largest absolute Gasteiger partial charge is 0.496 e. The average Bonchev–Trinajstić information content (AvgIpc) is 3.08. The van der Waals surface area contributed by atoms with E-state index in [9.17, 15) is 4.79 Å². The second-order valence-electron chi connectivity index (χ2n) is 6.89. The van der Waals surface area contributed by atoms with Crippen molar-refractivity contribution < 1.29 is 9.53 Å².